The fraction of sp³-hybridized carbons (Fsp3) is 0.269. The van der Waals surface area contributed by atoms with Gasteiger partial charge in [-0.2, -0.15) is 9.97 Å². The van der Waals surface area contributed by atoms with Gasteiger partial charge in [0.2, 0.25) is 5.28 Å². The molecule has 0 spiro atoms. The Balaban J connectivity index is 0.000000162. The minimum absolute atomic E-state index is 0.0294. The van der Waals surface area contributed by atoms with Gasteiger partial charge in [0.15, 0.2) is 45.1 Å². The largest absolute Gasteiger partial charge is 0.340 e. The maximum atomic E-state index is 11.8. The lowest BCUT2D eigenvalue weighted by molar-refractivity contribution is 0.777. The fourth-order valence-electron chi connectivity index (χ4n) is 4.41. The van der Waals surface area contributed by atoms with Crippen molar-refractivity contribution in [3.8, 4) is 5.82 Å². The second-order valence-electron chi connectivity index (χ2n) is 9.30. The molecule has 14 heteroatoms. The van der Waals surface area contributed by atoms with E-state index in [0.717, 1.165) is 12.2 Å². The highest BCUT2D eigenvalue weighted by molar-refractivity contribution is 6.28. The summed E-state index contributed by atoms with van der Waals surface area (Å²) in [5.74, 6) is 1.86. The third-order valence-electron chi connectivity index (χ3n) is 6.37. The summed E-state index contributed by atoms with van der Waals surface area (Å²) in [5, 5.41) is 3.10. The van der Waals surface area contributed by atoms with E-state index in [4.69, 9.17) is 23.2 Å². The highest BCUT2D eigenvalue weighted by Gasteiger charge is 2.22. The summed E-state index contributed by atoms with van der Waals surface area (Å²) in [6, 6.07) is 0. The molecule has 0 amide bonds. The number of halogens is 2. The van der Waals surface area contributed by atoms with Gasteiger partial charge >= 0.3 is 0 Å². The fourth-order valence-corrected chi connectivity index (χ4v) is 4.77. The van der Waals surface area contributed by atoms with E-state index in [1.807, 2.05) is 11.5 Å². The van der Waals surface area contributed by atoms with Gasteiger partial charge in [-0.15, -0.1) is 0 Å². The van der Waals surface area contributed by atoms with E-state index in [1.165, 1.54) is 0 Å². The van der Waals surface area contributed by atoms with Crippen LogP contribution in [0.3, 0.4) is 0 Å². The van der Waals surface area contributed by atoms with Crippen molar-refractivity contribution in [3.05, 3.63) is 91.1 Å². The number of imidazole rings is 2. The second-order valence-corrected chi connectivity index (χ2v) is 10.1. The third kappa shape index (κ3) is 5.03. The van der Waals surface area contributed by atoms with E-state index >= 15 is 0 Å². The molecule has 12 nitrogen and oxygen atoms in total. The van der Waals surface area contributed by atoms with Crippen LogP contribution in [0, 0.1) is 27.7 Å². The summed E-state index contributed by atoms with van der Waals surface area (Å²) in [4.78, 5) is 48.0. The van der Waals surface area contributed by atoms with Crippen molar-refractivity contribution in [2.24, 2.45) is 4.99 Å². The van der Waals surface area contributed by atoms with Crippen LogP contribution in [0.4, 0.5) is 5.82 Å². The molecule has 2 N–H and O–H groups in total. The van der Waals surface area contributed by atoms with E-state index < -0.39 is 5.62 Å². The number of aliphatic imine (C=N–C) groups is 1. The van der Waals surface area contributed by atoms with E-state index in [-0.39, 0.29) is 16.1 Å². The van der Waals surface area contributed by atoms with Crippen LogP contribution in [0.5, 0.6) is 0 Å². The van der Waals surface area contributed by atoms with Crippen molar-refractivity contribution in [2.75, 3.05) is 5.32 Å². The van der Waals surface area contributed by atoms with Crippen LogP contribution >= 0.6 is 23.2 Å². The van der Waals surface area contributed by atoms with Gasteiger partial charge in [0.1, 0.15) is 5.69 Å². The van der Waals surface area contributed by atoms with Gasteiger partial charge in [0.25, 0.3) is 0 Å². The Morgan fingerprint density at radius 3 is 2.10 bits per heavy atom. The third-order valence-corrected chi connectivity index (χ3v) is 6.74. The van der Waals surface area contributed by atoms with Crippen LogP contribution < -0.4 is 16.2 Å². The van der Waals surface area contributed by atoms with Crippen LogP contribution in [0.1, 0.15) is 34.9 Å². The van der Waals surface area contributed by atoms with Crippen LogP contribution in [-0.2, 0) is 6.54 Å². The SMILES string of the molecule is CCn1cnc2c(-n3cc(C)c(=O)c(C)c3)nc(Cl)nc21.Cc1cn(C2=NC(Cl)Nc3nc[nH]c32)cc(C)c1=O. The van der Waals surface area contributed by atoms with Crippen LogP contribution in [-0.4, -0.2) is 50.1 Å². The number of fused-ring (bicyclic) bond motifs is 2. The normalized spacial score (nSPS) is 14.3. The number of rotatable bonds is 2. The minimum Gasteiger partial charge on any atom is -0.340 e. The molecule has 6 heterocycles. The van der Waals surface area contributed by atoms with Gasteiger partial charge in [-0.05, 0) is 46.2 Å². The number of H-pyrrole nitrogens is 1. The molecule has 1 aliphatic heterocycles. The molecular formula is C26H26Cl2N10O2. The number of alkyl halides is 1. The Morgan fingerprint density at radius 2 is 1.50 bits per heavy atom. The molecule has 5 aromatic heterocycles. The molecule has 0 fully saturated rings. The topological polar surface area (TPSA) is 141 Å². The molecule has 0 saturated carbocycles. The Morgan fingerprint density at radius 1 is 0.900 bits per heavy atom. The first kappa shape index (κ1) is 27.3. The molecule has 0 bridgehead atoms. The molecule has 0 radical (unpaired) electrons. The molecule has 0 saturated heterocycles. The second kappa shape index (κ2) is 10.7. The summed E-state index contributed by atoms with van der Waals surface area (Å²) in [6.45, 7) is 9.85. The molecule has 1 aliphatic rings. The van der Waals surface area contributed by atoms with Crippen molar-refractivity contribution < 1.29 is 0 Å². The number of hydrogen-bond donors (Lipinski definition) is 2. The number of aromatic nitrogens is 8. The van der Waals surface area contributed by atoms with E-state index in [9.17, 15) is 9.59 Å². The average molecular weight is 581 g/mol. The van der Waals surface area contributed by atoms with Gasteiger partial charge in [-0.25, -0.2) is 15.0 Å². The Kier molecular flexibility index (Phi) is 7.30. The van der Waals surface area contributed by atoms with Crippen LogP contribution in [0.2, 0.25) is 5.28 Å². The minimum atomic E-state index is -0.578. The molecule has 5 aromatic rings. The number of aryl methyl sites for hydroxylation is 5. The van der Waals surface area contributed by atoms with Crippen molar-refractivity contribution in [2.45, 2.75) is 46.8 Å². The standard InChI is InChI=1S/C14H14ClN5O.C12H12ClN5O/c1-4-19-7-16-10-12(19)17-14(15)18-13(10)20-5-8(2)11(21)9(3)6-20;1-6-3-18(4-7(2)9(6)19)11-8-10(15-5-14-8)16-12(13)17-11/h5-7H,4H2,1-3H3;3-5,12,16H,1-2H3,(H,14,15). The van der Waals surface area contributed by atoms with Crippen LogP contribution in [0.15, 0.2) is 52.0 Å². The number of anilines is 1. The van der Waals surface area contributed by atoms with Gasteiger partial charge in [-0.3, -0.25) is 9.59 Å². The summed E-state index contributed by atoms with van der Waals surface area (Å²) >= 11 is 12.1. The van der Waals surface area contributed by atoms with E-state index in [1.54, 1.807) is 74.3 Å². The first-order chi connectivity index (χ1) is 19.1. The lowest BCUT2D eigenvalue weighted by Crippen LogP contribution is -2.27. The molecule has 6 rings (SSSR count). The van der Waals surface area contributed by atoms with E-state index in [2.05, 4.69) is 35.2 Å². The Labute approximate surface area is 238 Å². The average Bonchev–Trinajstić information content (AvgIpc) is 3.56. The number of nitrogens with one attached hydrogen (secondary N) is 2. The molecular weight excluding hydrogens is 555 g/mol. The molecule has 1 unspecified atom stereocenters. The van der Waals surface area contributed by atoms with Crippen molar-refractivity contribution in [3.63, 3.8) is 0 Å². The number of aromatic amines is 1. The van der Waals surface area contributed by atoms with Gasteiger partial charge in [0, 0.05) is 53.6 Å². The summed E-state index contributed by atoms with van der Waals surface area (Å²) < 4.78 is 5.46. The molecule has 0 aromatic carbocycles. The zero-order valence-electron chi connectivity index (χ0n) is 22.4. The summed E-state index contributed by atoms with van der Waals surface area (Å²) in [6.07, 6.45) is 10.2. The van der Waals surface area contributed by atoms with Crippen LogP contribution in [0.25, 0.3) is 17.0 Å². The number of nitrogens with zero attached hydrogens (tertiary/aromatic N) is 8. The lowest BCUT2D eigenvalue weighted by atomic mass is 10.2. The highest BCUT2D eigenvalue weighted by Crippen LogP contribution is 2.22. The summed E-state index contributed by atoms with van der Waals surface area (Å²) in [7, 11) is 0. The molecule has 206 valence electrons. The van der Waals surface area contributed by atoms with Crippen molar-refractivity contribution in [1.29, 1.82) is 0 Å². The first-order valence-electron chi connectivity index (χ1n) is 12.4. The Bertz CT molecular complexity index is 1850. The quantitative estimate of drug-likeness (QED) is 0.184. The van der Waals surface area contributed by atoms with Crippen molar-refractivity contribution in [1.82, 2.24) is 38.6 Å². The van der Waals surface area contributed by atoms with Gasteiger partial charge in [0.05, 0.1) is 12.7 Å². The molecule has 1 atom stereocenters. The predicted octanol–water partition coefficient (Wildman–Crippen LogP) is 3.70. The van der Waals surface area contributed by atoms with Crippen molar-refractivity contribution >= 4 is 46.0 Å². The zero-order valence-corrected chi connectivity index (χ0v) is 23.9. The highest BCUT2D eigenvalue weighted by atomic mass is 35.5. The molecule has 0 aliphatic carbocycles. The number of hydrogen-bond acceptors (Lipinski definition) is 8. The number of pyridine rings is 2. The zero-order chi connectivity index (χ0) is 28.7. The predicted molar refractivity (Wildman–Crippen MR) is 155 cm³/mol. The smallest absolute Gasteiger partial charge is 0.226 e. The maximum absolute atomic E-state index is 11.8. The maximum Gasteiger partial charge on any atom is 0.226 e. The van der Waals surface area contributed by atoms with Gasteiger partial charge < -0.3 is 24.0 Å². The Hall–Kier alpha value is -4.29. The lowest BCUT2D eigenvalue weighted by Gasteiger charge is -2.19. The molecule has 40 heavy (non-hydrogen) atoms. The van der Waals surface area contributed by atoms with E-state index in [0.29, 0.717) is 50.9 Å². The van der Waals surface area contributed by atoms with Gasteiger partial charge in [-0.1, -0.05) is 11.6 Å². The summed E-state index contributed by atoms with van der Waals surface area (Å²) in [5.41, 5.74) is 4.19. The first-order valence-corrected chi connectivity index (χ1v) is 13.2. The monoisotopic (exact) mass is 580 g/mol.